The fraction of sp³-hybridized carbons (Fsp3) is 0.600. The number of hydrogen-bond donors (Lipinski definition) is 1. The van der Waals surface area contributed by atoms with Crippen LogP contribution in [0.25, 0.3) is 0 Å². The Morgan fingerprint density at radius 3 is 2.83 bits per heavy atom. The third kappa shape index (κ3) is 3.08. The lowest BCUT2D eigenvalue weighted by Crippen LogP contribution is -2.40. The van der Waals surface area contributed by atoms with Gasteiger partial charge >= 0.3 is 0 Å². The van der Waals surface area contributed by atoms with Gasteiger partial charge in [-0.3, -0.25) is 0 Å². The average Bonchev–Trinajstić information content (AvgIpc) is 2.85. The van der Waals surface area contributed by atoms with Crippen molar-refractivity contribution in [3.05, 3.63) is 34.9 Å². The van der Waals surface area contributed by atoms with Gasteiger partial charge in [-0.05, 0) is 63.6 Å². The molecule has 0 aliphatic heterocycles. The Morgan fingerprint density at radius 2 is 2.11 bits per heavy atom. The molecular formula is C15H23NOS. The summed E-state index contributed by atoms with van der Waals surface area (Å²) in [5.41, 5.74) is 4.09. The second-order valence-corrected chi connectivity index (χ2v) is 7.63. The lowest BCUT2D eigenvalue weighted by atomic mass is 10.0. The van der Waals surface area contributed by atoms with Gasteiger partial charge in [-0.15, -0.1) is 4.72 Å². The molecule has 3 heteroatoms. The van der Waals surface area contributed by atoms with Crippen molar-refractivity contribution in [1.82, 2.24) is 4.72 Å². The molecular weight excluding hydrogens is 242 g/mol. The summed E-state index contributed by atoms with van der Waals surface area (Å²) in [6.45, 7) is 5.91. The Balaban J connectivity index is 2.06. The van der Waals surface area contributed by atoms with Crippen molar-refractivity contribution in [2.24, 2.45) is 0 Å². The number of hydrogen-bond acceptors (Lipinski definition) is 2. The van der Waals surface area contributed by atoms with Crippen LogP contribution < -0.4 is 4.72 Å². The van der Waals surface area contributed by atoms with E-state index < -0.39 is 16.1 Å². The number of fused-ring (bicyclic) bond motifs is 1. The monoisotopic (exact) mass is 266 g/mol. The van der Waals surface area contributed by atoms with Crippen molar-refractivity contribution in [2.45, 2.75) is 57.7 Å². The lowest BCUT2D eigenvalue weighted by Gasteiger charge is -2.26. The van der Waals surface area contributed by atoms with E-state index in [1.165, 1.54) is 29.5 Å². The van der Waals surface area contributed by atoms with Crippen LogP contribution in [-0.2, 0) is 24.2 Å². The highest BCUT2D eigenvalue weighted by Crippen LogP contribution is 2.26. The molecule has 0 heterocycles. The van der Waals surface area contributed by atoms with Gasteiger partial charge in [0.05, 0.1) is 6.04 Å². The van der Waals surface area contributed by atoms with Crippen molar-refractivity contribution in [2.75, 3.05) is 0 Å². The highest BCUT2D eigenvalue weighted by Gasteiger charge is 2.28. The number of benzene rings is 1. The summed E-state index contributed by atoms with van der Waals surface area (Å²) in [7, 11) is 0. The van der Waals surface area contributed by atoms with Crippen molar-refractivity contribution >= 4 is 11.4 Å². The molecule has 0 spiro atoms. The molecule has 0 bridgehead atoms. The molecule has 0 amide bonds. The Labute approximate surface area is 115 Å². The number of rotatable bonds is 3. The molecule has 0 saturated heterocycles. The molecule has 2 atom stereocenters. The van der Waals surface area contributed by atoms with E-state index in [2.05, 4.69) is 22.9 Å². The van der Waals surface area contributed by atoms with Gasteiger partial charge in [0.15, 0.2) is 0 Å². The molecule has 0 aromatic heterocycles. The quantitative estimate of drug-likeness (QED) is 0.852. The van der Waals surface area contributed by atoms with E-state index in [-0.39, 0.29) is 12.9 Å². The van der Waals surface area contributed by atoms with Crippen LogP contribution in [0.15, 0.2) is 18.2 Å². The Hall–Kier alpha value is -0.510. The van der Waals surface area contributed by atoms with E-state index in [1.807, 2.05) is 20.8 Å². The Morgan fingerprint density at radius 1 is 1.39 bits per heavy atom. The lowest BCUT2D eigenvalue weighted by molar-refractivity contribution is 0.531. The van der Waals surface area contributed by atoms with Crippen LogP contribution in [0.5, 0.6) is 0 Å². The molecule has 0 saturated carbocycles. The SMILES string of the molecule is [2H]CC(C)(C)[S+]([O-])N[C@@H](C)c1ccc2c(c1)CCC2. The first-order valence-electron chi connectivity index (χ1n) is 7.24. The topological polar surface area (TPSA) is 35.1 Å². The second-order valence-electron chi connectivity index (χ2n) is 5.75. The molecule has 1 aliphatic rings. The Kier molecular flexibility index (Phi) is 3.64. The largest absolute Gasteiger partial charge is 0.598 e. The van der Waals surface area contributed by atoms with E-state index in [0.29, 0.717) is 0 Å². The fourth-order valence-corrected chi connectivity index (χ4v) is 3.03. The minimum Gasteiger partial charge on any atom is -0.598 e. The summed E-state index contributed by atoms with van der Waals surface area (Å²) < 4.78 is 22.3. The van der Waals surface area contributed by atoms with Gasteiger partial charge < -0.3 is 4.55 Å². The summed E-state index contributed by atoms with van der Waals surface area (Å²) in [6.07, 6.45) is 3.60. The predicted molar refractivity (Wildman–Crippen MR) is 77.9 cm³/mol. The molecule has 0 fully saturated rings. The number of nitrogens with one attached hydrogen (secondary N) is 1. The molecule has 2 rings (SSSR count). The third-order valence-corrected chi connectivity index (χ3v) is 4.98. The van der Waals surface area contributed by atoms with Crippen molar-refractivity contribution in [1.29, 1.82) is 0 Å². The highest BCUT2D eigenvalue weighted by molar-refractivity contribution is 7.90. The summed E-state index contributed by atoms with van der Waals surface area (Å²) in [5.74, 6) is 0. The second kappa shape index (κ2) is 5.24. The van der Waals surface area contributed by atoms with Crippen molar-refractivity contribution in [3.63, 3.8) is 0 Å². The van der Waals surface area contributed by atoms with Gasteiger partial charge in [0.2, 0.25) is 0 Å². The van der Waals surface area contributed by atoms with Crippen LogP contribution >= 0.6 is 0 Å². The zero-order chi connectivity index (χ0) is 14.0. The van der Waals surface area contributed by atoms with Gasteiger partial charge in [-0.25, -0.2) is 0 Å². The summed E-state index contributed by atoms with van der Waals surface area (Å²) in [6, 6.07) is 6.63. The summed E-state index contributed by atoms with van der Waals surface area (Å²) >= 11 is -1.20. The first-order valence-corrected chi connectivity index (χ1v) is 7.68. The van der Waals surface area contributed by atoms with E-state index in [1.54, 1.807) is 0 Å². The standard InChI is InChI=1S/C15H23NOS/c1-11(16-18(17)15(2,3)4)13-9-8-12-6-5-7-14(12)10-13/h8-11,16H,5-7H2,1-4H3/t11-,18?/m0/s1/i2D. The Bertz CT molecular complexity index is 450. The molecule has 1 aromatic carbocycles. The molecule has 1 unspecified atom stereocenters. The maximum absolute atomic E-state index is 12.2. The minimum absolute atomic E-state index is 0.0533. The molecule has 1 aliphatic carbocycles. The third-order valence-electron chi connectivity index (χ3n) is 3.41. The smallest absolute Gasteiger partial charge is 0.136 e. The molecule has 0 radical (unpaired) electrons. The van der Waals surface area contributed by atoms with Crippen LogP contribution in [0.2, 0.25) is 0 Å². The summed E-state index contributed by atoms with van der Waals surface area (Å²) in [4.78, 5) is 0. The van der Waals surface area contributed by atoms with Crippen molar-refractivity contribution < 1.29 is 5.92 Å². The van der Waals surface area contributed by atoms with E-state index in [0.717, 1.165) is 6.42 Å². The van der Waals surface area contributed by atoms with Crippen LogP contribution in [0, 0.1) is 0 Å². The summed E-state index contributed by atoms with van der Waals surface area (Å²) in [5, 5.41) is 0. The molecule has 2 nitrogen and oxygen atoms in total. The van der Waals surface area contributed by atoms with E-state index in [4.69, 9.17) is 1.37 Å². The molecule has 18 heavy (non-hydrogen) atoms. The van der Waals surface area contributed by atoms with Gasteiger partial charge in [0, 0.05) is 12.7 Å². The normalized spacial score (nSPS) is 19.2. The van der Waals surface area contributed by atoms with Crippen molar-refractivity contribution in [3.8, 4) is 0 Å². The first-order chi connectivity index (χ1) is 8.94. The zero-order valence-electron chi connectivity index (χ0n) is 12.5. The van der Waals surface area contributed by atoms with Crippen LogP contribution in [0.3, 0.4) is 0 Å². The van der Waals surface area contributed by atoms with Crippen LogP contribution in [0.4, 0.5) is 0 Å². The minimum atomic E-state index is -1.20. The number of aryl methyl sites for hydroxylation is 2. The first kappa shape index (κ1) is 12.5. The predicted octanol–water partition coefficient (Wildman–Crippen LogP) is 3.29. The van der Waals surface area contributed by atoms with Gasteiger partial charge in [-0.2, -0.15) is 0 Å². The van der Waals surface area contributed by atoms with Gasteiger partial charge in [0.1, 0.15) is 4.75 Å². The maximum Gasteiger partial charge on any atom is 0.136 e. The maximum atomic E-state index is 12.2. The van der Waals surface area contributed by atoms with Crippen LogP contribution in [0.1, 0.15) is 58.2 Å². The molecule has 100 valence electrons. The fourth-order valence-electron chi connectivity index (χ4n) is 2.25. The van der Waals surface area contributed by atoms with E-state index in [9.17, 15) is 4.55 Å². The van der Waals surface area contributed by atoms with E-state index >= 15 is 0 Å². The average molecular weight is 266 g/mol. The highest BCUT2D eigenvalue weighted by atomic mass is 32.2. The van der Waals surface area contributed by atoms with Gasteiger partial charge in [-0.1, -0.05) is 18.2 Å². The van der Waals surface area contributed by atoms with Gasteiger partial charge in [0.25, 0.3) is 0 Å². The molecule has 1 N–H and O–H groups in total. The zero-order valence-corrected chi connectivity index (χ0v) is 12.3. The molecule has 1 aromatic rings. The van der Waals surface area contributed by atoms with Crippen LogP contribution in [-0.4, -0.2) is 9.30 Å².